The topological polar surface area (TPSA) is 57.0 Å². The van der Waals surface area contributed by atoms with E-state index in [4.69, 9.17) is 16.3 Å². The Morgan fingerprint density at radius 3 is 3.06 bits per heavy atom. The minimum absolute atomic E-state index is 0.245. The Labute approximate surface area is 97.0 Å². The van der Waals surface area contributed by atoms with E-state index in [0.717, 1.165) is 0 Å². The van der Waals surface area contributed by atoms with E-state index >= 15 is 0 Å². The predicted molar refractivity (Wildman–Crippen MR) is 59.5 cm³/mol. The highest BCUT2D eigenvalue weighted by molar-refractivity contribution is 6.37. The number of halogens is 1. The van der Waals surface area contributed by atoms with Crippen molar-refractivity contribution in [2.24, 2.45) is 7.05 Å². The number of aromatic nitrogens is 3. The molecule has 2 rings (SSSR count). The first-order chi connectivity index (χ1) is 7.63. The van der Waals surface area contributed by atoms with Crippen LogP contribution in [0.4, 0.5) is 0 Å². The molecule has 0 aliphatic carbocycles. The maximum atomic E-state index is 11.5. The standard InChI is InChI=1S/C10H10ClN3O2/c1-3-16-10(15)6-4-12-7-5-14(2)13-9(7)8(6)11/h4-5H,3H2,1-2H3. The SMILES string of the molecule is CCOC(=O)c1cnc2cn(C)nc2c1Cl. The van der Waals surface area contributed by atoms with Gasteiger partial charge in [-0.15, -0.1) is 0 Å². The Morgan fingerprint density at radius 1 is 1.62 bits per heavy atom. The molecule has 0 bridgehead atoms. The average molecular weight is 240 g/mol. The average Bonchev–Trinajstić information content (AvgIpc) is 2.60. The number of pyridine rings is 1. The van der Waals surface area contributed by atoms with Gasteiger partial charge in [-0.2, -0.15) is 5.10 Å². The molecule has 2 aromatic rings. The van der Waals surface area contributed by atoms with Gasteiger partial charge in [0.1, 0.15) is 11.0 Å². The first-order valence-corrected chi connectivity index (χ1v) is 5.16. The van der Waals surface area contributed by atoms with Crippen LogP contribution < -0.4 is 0 Å². The number of esters is 1. The van der Waals surface area contributed by atoms with Crippen molar-refractivity contribution in [3.8, 4) is 0 Å². The Hall–Kier alpha value is -1.62. The van der Waals surface area contributed by atoms with Crippen molar-refractivity contribution >= 4 is 28.6 Å². The molecule has 0 aliphatic rings. The lowest BCUT2D eigenvalue weighted by Gasteiger charge is -2.03. The molecule has 0 aliphatic heterocycles. The van der Waals surface area contributed by atoms with Crippen LogP contribution in [0.2, 0.25) is 5.02 Å². The van der Waals surface area contributed by atoms with E-state index in [0.29, 0.717) is 17.6 Å². The van der Waals surface area contributed by atoms with Gasteiger partial charge in [0.25, 0.3) is 0 Å². The minimum atomic E-state index is -0.479. The van der Waals surface area contributed by atoms with E-state index in [-0.39, 0.29) is 10.6 Å². The third-order valence-electron chi connectivity index (χ3n) is 2.08. The molecule has 5 nitrogen and oxygen atoms in total. The zero-order chi connectivity index (χ0) is 11.7. The molecule has 16 heavy (non-hydrogen) atoms. The van der Waals surface area contributed by atoms with Gasteiger partial charge >= 0.3 is 5.97 Å². The molecule has 84 valence electrons. The Balaban J connectivity index is 2.55. The summed E-state index contributed by atoms with van der Waals surface area (Å²) in [5.74, 6) is -0.479. The van der Waals surface area contributed by atoms with Crippen LogP contribution in [-0.4, -0.2) is 27.3 Å². The number of hydrogen-bond acceptors (Lipinski definition) is 4. The fraction of sp³-hybridized carbons (Fsp3) is 0.300. The normalized spacial score (nSPS) is 10.7. The molecule has 0 amide bonds. The van der Waals surface area contributed by atoms with Gasteiger partial charge in [-0.05, 0) is 6.92 Å². The van der Waals surface area contributed by atoms with Gasteiger partial charge in [0.05, 0.1) is 23.4 Å². The first kappa shape index (κ1) is 10.9. The van der Waals surface area contributed by atoms with Crippen LogP contribution in [0.3, 0.4) is 0 Å². The number of fused-ring (bicyclic) bond motifs is 1. The quantitative estimate of drug-likeness (QED) is 0.750. The lowest BCUT2D eigenvalue weighted by molar-refractivity contribution is 0.0526. The van der Waals surface area contributed by atoms with E-state index in [1.807, 2.05) is 0 Å². The van der Waals surface area contributed by atoms with Crippen LogP contribution in [0.5, 0.6) is 0 Å². The molecule has 0 spiro atoms. The highest BCUT2D eigenvalue weighted by atomic mass is 35.5. The molecule has 2 heterocycles. The lowest BCUT2D eigenvalue weighted by Crippen LogP contribution is -2.06. The summed E-state index contributed by atoms with van der Waals surface area (Å²) in [4.78, 5) is 15.6. The predicted octanol–water partition coefficient (Wildman–Crippen LogP) is 1.80. The third kappa shape index (κ3) is 1.74. The Bertz CT molecular complexity index is 550. The van der Waals surface area contributed by atoms with E-state index in [2.05, 4.69) is 10.1 Å². The molecular formula is C10H10ClN3O2. The van der Waals surface area contributed by atoms with Crippen molar-refractivity contribution in [3.63, 3.8) is 0 Å². The summed E-state index contributed by atoms with van der Waals surface area (Å²) in [5, 5.41) is 4.41. The molecule has 0 fully saturated rings. The molecule has 0 saturated heterocycles. The smallest absolute Gasteiger partial charge is 0.341 e. The molecule has 0 saturated carbocycles. The fourth-order valence-corrected chi connectivity index (χ4v) is 1.66. The van der Waals surface area contributed by atoms with Crippen molar-refractivity contribution in [2.75, 3.05) is 6.61 Å². The van der Waals surface area contributed by atoms with Gasteiger partial charge in [-0.3, -0.25) is 9.67 Å². The minimum Gasteiger partial charge on any atom is -0.462 e. The van der Waals surface area contributed by atoms with Crippen LogP contribution in [0.15, 0.2) is 12.4 Å². The van der Waals surface area contributed by atoms with Gasteiger partial charge in [-0.25, -0.2) is 4.79 Å². The number of aryl methyl sites for hydroxylation is 1. The largest absolute Gasteiger partial charge is 0.462 e. The monoisotopic (exact) mass is 239 g/mol. The summed E-state index contributed by atoms with van der Waals surface area (Å²) in [5.41, 5.74) is 1.41. The summed E-state index contributed by atoms with van der Waals surface area (Å²) in [6.45, 7) is 2.04. The first-order valence-electron chi connectivity index (χ1n) is 4.78. The van der Waals surface area contributed by atoms with Crippen LogP contribution in [0.25, 0.3) is 11.0 Å². The zero-order valence-electron chi connectivity index (χ0n) is 8.90. The number of nitrogens with zero attached hydrogens (tertiary/aromatic N) is 3. The van der Waals surface area contributed by atoms with Gasteiger partial charge in [0.15, 0.2) is 0 Å². The van der Waals surface area contributed by atoms with Crippen molar-refractivity contribution in [1.29, 1.82) is 0 Å². The van der Waals surface area contributed by atoms with Crippen LogP contribution in [-0.2, 0) is 11.8 Å². The van der Waals surface area contributed by atoms with Crippen LogP contribution in [0.1, 0.15) is 17.3 Å². The second kappa shape index (κ2) is 4.09. The highest BCUT2D eigenvalue weighted by Crippen LogP contribution is 2.24. The van der Waals surface area contributed by atoms with Crippen molar-refractivity contribution in [2.45, 2.75) is 6.92 Å². The van der Waals surface area contributed by atoms with Crippen LogP contribution in [0, 0.1) is 0 Å². The van der Waals surface area contributed by atoms with Crippen LogP contribution >= 0.6 is 11.6 Å². The number of rotatable bonds is 2. The van der Waals surface area contributed by atoms with E-state index in [1.54, 1.807) is 24.9 Å². The maximum absolute atomic E-state index is 11.5. The second-order valence-electron chi connectivity index (χ2n) is 3.24. The third-order valence-corrected chi connectivity index (χ3v) is 2.46. The van der Waals surface area contributed by atoms with Gasteiger partial charge in [0.2, 0.25) is 0 Å². The number of carbonyl (C=O) groups excluding carboxylic acids is 1. The zero-order valence-corrected chi connectivity index (χ0v) is 9.65. The van der Waals surface area contributed by atoms with E-state index in [9.17, 15) is 4.79 Å². The van der Waals surface area contributed by atoms with E-state index in [1.165, 1.54) is 6.20 Å². The second-order valence-corrected chi connectivity index (χ2v) is 3.62. The summed E-state index contributed by atoms with van der Waals surface area (Å²) < 4.78 is 6.46. The summed E-state index contributed by atoms with van der Waals surface area (Å²) in [6, 6.07) is 0. The summed E-state index contributed by atoms with van der Waals surface area (Å²) in [7, 11) is 1.77. The van der Waals surface area contributed by atoms with E-state index < -0.39 is 5.97 Å². The van der Waals surface area contributed by atoms with Gasteiger partial charge < -0.3 is 4.74 Å². The Kier molecular flexibility index (Phi) is 2.78. The number of carbonyl (C=O) groups is 1. The summed E-state index contributed by atoms with van der Waals surface area (Å²) in [6.07, 6.45) is 3.14. The highest BCUT2D eigenvalue weighted by Gasteiger charge is 2.16. The molecular weight excluding hydrogens is 230 g/mol. The lowest BCUT2D eigenvalue weighted by atomic mass is 10.2. The molecule has 0 unspecified atom stereocenters. The van der Waals surface area contributed by atoms with Crippen molar-refractivity contribution < 1.29 is 9.53 Å². The van der Waals surface area contributed by atoms with Crippen molar-refractivity contribution in [1.82, 2.24) is 14.8 Å². The number of hydrogen-bond donors (Lipinski definition) is 0. The summed E-state index contributed by atoms with van der Waals surface area (Å²) >= 11 is 6.07. The molecule has 0 N–H and O–H groups in total. The molecule has 0 aromatic carbocycles. The Morgan fingerprint density at radius 2 is 2.38 bits per heavy atom. The molecule has 0 radical (unpaired) electrons. The van der Waals surface area contributed by atoms with Gasteiger partial charge in [0, 0.05) is 13.2 Å². The molecule has 2 aromatic heterocycles. The molecule has 6 heteroatoms. The fourth-order valence-electron chi connectivity index (χ4n) is 1.40. The molecule has 0 atom stereocenters. The maximum Gasteiger partial charge on any atom is 0.341 e. The number of ether oxygens (including phenoxy) is 1. The van der Waals surface area contributed by atoms with Crippen molar-refractivity contribution in [3.05, 3.63) is 23.0 Å². The van der Waals surface area contributed by atoms with Gasteiger partial charge in [-0.1, -0.05) is 11.6 Å².